The standard InChI is InChI=1S/C25H22FN3O3/c1-15-11-17(12-24(26)29-15)14-28-25(30)19-5-4-6-22(16(19)2)32-23-9-10-27-21-13-18(31-3)7-8-20(21)23/h4-13H,14H2,1-3H3,(H,28,30). The molecule has 2 aromatic heterocycles. The molecule has 0 aliphatic rings. The minimum Gasteiger partial charge on any atom is -0.497 e. The fourth-order valence-corrected chi connectivity index (χ4v) is 3.48. The Kier molecular flexibility index (Phi) is 5.98. The molecule has 0 bridgehead atoms. The van der Waals surface area contributed by atoms with E-state index in [1.165, 1.54) is 6.07 Å². The second-order valence-corrected chi connectivity index (χ2v) is 7.35. The molecule has 7 heteroatoms. The highest BCUT2D eigenvalue weighted by molar-refractivity contribution is 5.96. The van der Waals surface area contributed by atoms with Crippen molar-refractivity contribution in [2.24, 2.45) is 0 Å². The predicted octanol–water partition coefficient (Wildman–Crippen LogP) is 5.12. The second kappa shape index (κ2) is 9.01. The molecule has 0 saturated heterocycles. The van der Waals surface area contributed by atoms with Gasteiger partial charge in [0.1, 0.15) is 17.2 Å². The van der Waals surface area contributed by atoms with Crippen molar-refractivity contribution >= 4 is 16.8 Å². The number of ether oxygens (including phenoxy) is 2. The molecule has 0 atom stereocenters. The first-order valence-corrected chi connectivity index (χ1v) is 10.1. The van der Waals surface area contributed by atoms with Crippen LogP contribution in [0.3, 0.4) is 0 Å². The van der Waals surface area contributed by atoms with E-state index < -0.39 is 5.95 Å². The average Bonchev–Trinajstić information content (AvgIpc) is 2.78. The number of carbonyl (C=O) groups is 1. The Bertz CT molecular complexity index is 1290. The summed E-state index contributed by atoms with van der Waals surface area (Å²) in [4.78, 5) is 20.9. The zero-order chi connectivity index (χ0) is 22.7. The third kappa shape index (κ3) is 4.51. The van der Waals surface area contributed by atoms with E-state index in [2.05, 4.69) is 15.3 Å². The molecule has 0 spiro atoms. The predicted molar refractivity (Wildman–Crippen MR) is 120 cm³/mol. The van der Waals surface area contributed by atoms with Gasteiger partial charge in [0.05, 0.1) is 12.6 Å². The molecular formula is C25H22FN3O3. The first kappa shape index (κ1) is 21.2. The number of hydrogen-bond donors (Lipinski definition) is 1. The molecule has 4 rings (SSSR count). The number of aryl methyl sites for hydroxylation is 1. The van der Waals surface area contributed by atoms with Crippen LogP contribution in [-0.2, 0) is 6.54 Å². The number of aromatic nitrogens is 2. The fourth-order valence-electron chi connectivity index (χ4n) is 3.48. The molecule has 2 aromatic carbocycles. The number of nitrogens with zero attached hydrogens (tertiary/aromatic N) is 2. The smallest absolute Gasteiger partial charge is 0.251 e. The number of rotatable bonds is 6. The largest absolute Gasteiger partial charge is 0.497 e. The van der Waals surface area contributed by atoms with E-state index in [1.807, 2.05) is 31.2 Å². The Morgan fingerprint density at radius 2 is 1.91 bits per heavy atom. The zero-order valence-electron chi connectivity index (χ0n) is 18.0. The first-order valence-electron chi connectivity index (χ1n) is 10.1. The average molecular weight is 431 g/mol. The van der Waals surface area contributed by atoms with E-state index in [1.54, 1.807) is 44.5 Å². The van der Waals surface area contributed by atoms with Crippen molar-refractivity contribution in [2.45, 2.75) is 20.4 Å². The molecule has 4 aromatic rings. The van der Waals surface area contributed by atoms with Crippen molar-refractivity contribution in [3.05, 3.63) is 89.1 Å². The minimum absolute atomic E-state index is 0.195. The molecule has 2 heterocycles. The maximum Gasteiger partial charge on any atom is 0.251 e. The van der Waals surface area contributed by atoms with Crippen molar-refractivity contribution in [2.75, 3.05) is 7.11 Å². The lowest BCUT2D eigenvalue weighted by atomic mass is 10.1. The summed E-state index contributed by atoms with van der Waals surface area (Å²) < 4.78 is 24.9. The molecule has 0 aliphatic heterocycles. The lowest BCUT2D eigenvalue weighted by molar-refractivity contribution is 0.0950. The van der Waals surface area contributed by atoms with Crippen molar-refractivity contribution < 1.29 is 18.7 Å². The van der Waals surface area contributed by atoms with Gasteiger partial charge in [-0.25, -0.2) is 4.98 Å². The maximum absolute atomic E-state index is 13.5. The highest BCUT2D eigenvalue weighted by Gasteiger charge is 2.14. The number of hydrogen-bond acceptors (Lipinski definition) is 5. The second-order valence-electron chi connectivity index (χ2n) is 7.35. The molecule has 1 amide bonds. The molecule has 0 radical (unpaired) electrons. The van der Waals surface area contributed by atoms with Crippen molar-refractivity contribution in [3.63, 3.8) is 0 Å². The van der Waals surface area contributed by atoms with E-state index in [9.17, 15) is 9.18 Å². The Hall–Kier alpha value is -4.00. The van der Waals surface area contributed by atoms with Crippen LogP contribution in [-0.4, -0.2) is 23.0 Å². The van der Waals surface area contributed by atoms with Crippen LogP contribution in [0.1, 0.15) is 27.2 Å². The number of carbonyl (C=O) groups excluding carboxylic acids is 1. The molecule has 1 N–H and O–H groups in total. The Labute approximate surface area is 185 Å². The Balaban J connectivity index is 1.56. The van der Waals surface area contributed by atoms with E-state index in [-0.39, 0.29) is 12.5 Å². The first-order chi connectivity index (χ1) is 15.4. The van der Waals surface area contributed by atoms with Gasteiger partial charge in [0.25, 0.3) is 5.91 Å². The topological polar surface area (TPSA) is 73.3 Å². The summed E-state index contributed by atoms with van der Waals surface area (Å²) in [6, 6.07) is 15.7. The number of amides is 1. The van der Waals surface area contributed by atoms with Gasteiger partial charge >= 0.3 is 0 Å². The van der Waals surface area contributed by atoms with Crippen LogP contribution in [0.5, 0.6) is 17.2 Å². The van der Waals surface area contributed by atoms with Gasteiger partial charge in [-0.2, -0.15) is 4.39 Å². The summed E-state index contributed by atoms with van der Waals surface area (Å²) in [5.41, 5.74) is 3.12. The number of fused-ring (bicyclic) bond motifs is 1. The molecule has 0 fully saturated rings. The molecule has 0 aliphatic carbocycles. The summed E-state index contributed by atoms with van der Waals surface area (Å²) in [7, 11) is 1.60. The summed E-state index contributed by atoms with van der Waals surface area (Å²) in [6.45, 7) is 3.73. The molecule has 32 heavy (non-hydrogen) atoms. The van der Waals surface area contributed by atoms with Crippen molar-refractivity contribution in [1.82, 2.24) is 15.3 Å². The van der Waals surface area contributed by atoms with Crippen LogP contribution in [0.25, 0.3) is 10.9 Å². The van der Waals surface area contributed by atoms with Crippen LogP contribution >= 0.6 is 0 Å². The van der Waals surface area contributed by atoms with E-state index in [0.29, 0.717) is 39.6 Å². The van der Waals surface area contributed by atoms with E-state index in [4.69, 9.17) is 9.47 Å². The molecule has 6 nitrogen and oxygen atoms in total. The van der Waals surface area contributed by atoms with Gasteiger partial charge < -0.3 is 14.8 Å². The fraction of sp³-hybridized carbons (Fsp3) is 0.160. The summed E-state index contributed by atoms with van der Waals surface area (Å²) in [5, 5.41) is 3.66. The lowest BCUT2D eigenvalue weighted by Gasteiger charge is -2.14. The number of pyridine rings is 2. The van der Waals surface area contributed by atoms with Gasteiger partial charge in [0.2, 0.25) is 5.95 Å². The quantitative estimate of drug-likeness (QED) is 0.429. The summed E-state index contributed by atoms with van der Waals surface area (Å²) in [6.07, 6.45) is 1.67. The van der Waals surface area contributed by atoms with Crippen molar-refractivity contribution in [1.29, 1.82) is 0 Å². The van der Waals surface area contributed by atoms with Gasteiger partial charge in [-0.15, -0.1) is 0 Å². The van der Waals surface area contributed by atoms with Crippen molar-refractivity contribution in [3.8, 4) is 17.2 Å². The highest BCUT2D eigenvalue weighted by Crippen LogP contribution is 2.33. The summed E-state index contributed by atoms with van der Waals surface area (Å²) in [5.74, 6) is 1.06. The van der Waals surface area contributed by atoms with E-state index in [0.717, 1.165) is 10.9 Å². The molecule has 0 unspecified atom stereocenters. The van der Waals surface area contributed by atoms with Gasteiger partial charge in [-0.05, 0) is 61.9 Å². The molecule has 0 saturated carbocycles. The van der Waals surface area contributed by atoms with Crippen LogP contribution in [0, 0.1) is 19.8 Å². The monoisotopic (exact) mass is 431 g/mol. The zero-order valence-corrected chi connectivity index (χ0v) is 18.0. The number of halogens is 1. The van der Waals surface area contributed by atoms with Gasteiger partial charge in [-0.3, -0.25) is 9.78 Å². The van der Waals surface area contributed by atoms with Crippen LogP contribution < -0.4 is 14.8 Å². The minimum atomic E-state index is -0.567. The van der Waals surface area contributed by atoms with Gasteiger partial charge in [0.15, 0.2) is 0 Å². The molecular weight excluding hydrogens is 409 g/mol. The third-order valence-electron chi connectivity index (χ3n) is 5.09. The Morgan fingerprint density at radius 1 is 1.06 bits per heavy atom. The van der Waals surface area contributed by atoms with Crippen LogP contribution in [0.15, 0.2) is 60.8 Å². The number of benzene rings is 2. The third-order valence-corrected chi connectivity index (χ3v) is 5.09. The maximum atomic E-state index is 13.5. The number of nitrogens with one attached hydrogen (secondary N) is 1. The number of methoxy groups -OCH3 is 1. The van der Waals surface area contributed by atoms with Crippen LogP contribution in [0.4, 0.5) is 4.39 Å². The SMILES string of the molecule is COc1ccc2c(Oc3cccc(C(=O)NCc4cc(C)nc(F)c4)c3C)ccnc2c1. The highest BCUT2D eigenvalue weighted by atomic mass is 19.1. The molecule has 162 valence electrons. The normalized spacial score (nSPS) is 10.8. The van der Waals surface area contributed by atoms with Gasteiger partial charge in [0, 0.05) is 41.0 Å². The summed E-state index contributed by atoms with van der Waals surface area (Å²) >= 11 is 0. The van der Waals surface area contributed by atoms with Gasteiger partial charge in [-0.1, -0.05) is 6.07 Å². The Morgan fingerprint density at radius 3 is 2.69 bits per heavy atom. The van der Waals surface area contributed by atoms with E-state index >= 15 is 0 Å². The van der Waals surface area contributed by atoms with Crippen LogP contribution in [0.2, 0.25) is 0 Å². The lowest BCUT2D eigenvalue weighted by Crippen LogP contribution is -2.24.